The summed E-state index contributed by atoms with van der Waals surface area (Å²) < 4.78 is 53.9. The Kier molecular flexibility index (Phi) is 17.9. The maximum atomic E-state index is 12.7. The average molecular weight is 807 g/mol. The van der Waals surface area contributed by atoms with E-state index in [-0.39, 0.29) is 25.5 Å². The number of ether oxygens (including phenoxy) is 3. The number of alkyl halides is 3. The first kappa shape index (κ1) is 45.2. The van der Waals surface area contributed by atoms with Crippen LogP contribution in [0.3, 0.4) is 0 Å². The fraction of sp³-hybridized carbons (Fsp3) is 0.455. The summed E-state index contributed by atoms with van der Waals surface area (Å²) in [5, 5.41) is 0. The van der Waals surface area contributed by atoms with Gasteiger partial charge in [-0.2, -0.15) is 13.2 Å². The number of halogens is 3. The van der Waals surface area contributed by atoms with Crippen LogP contribution in [0.15, 0.2) is 97.6 Å². The summed E-state index contributed by atoms with van der Waals surface area (Å²) in [7, 11) is 1.66. The van der Waals surface area contributed by atoms with Gasteiger partial charge in [-0.05, 0) is 105 Å². The molecule has 314 valence electrons. The van der Waals surface area contributed by atoms with Gasteiger partial charge in [0.05, 0.1) is 43.8 Å². The second kappa shape index (κ2) is 23.0. The third kappa shape index (κ3) is 13.6. The van der Waals surface area contributed by atoms with Gasteiger partial charge in [0.2, 0.25) is 0 Å². The van der Waals surface area contributed by atoms with Gasteiger partial charge in [0.15, 0.2) is 0 Å². The molecule has 2 aliphatic rings. The minimum atomic E-state index is -4.33. The molecule has 4 heterocycles. The highest BCUT2D eigenvalue weighted by Crippen LogP contribution is 2.30. The highest BCUT2D eigenvalue weighted by molar-refractivity contribution is 5.95. The number of methoxy groups -OCH3 is 1. The van der Waals surface area contributed by atoms with Crippen LogP contribution in [0.25, 0.3) is 0 Å². The average Bonchev–Trinajstić information content (AvgIpc) is 3.74. The summed E-state index contributed by atoms with van der Waals surface area (Å²) in [6, 6.07) is 20.2. The number of benzene rings is 2. The van der Waals surface area contributed by atoms with Crippen LogP contribution in [-0.4, -0.2) is 90.9 Å². The normalized spacial score (nSPS) is 15.2. The van der Waals surface area contributed by atoms with Crippen LogP contribution in [-0.2, 0) is 6.18 Å². The number of hydrogen-bond acceptors (Lipinski definition) is 7. The first-order chi connectivity index (χ1) is 27.6. The Labute approximate surface area is 340 Å². The number of pyridine rings is 2. The van der Waals surface area contributed by atoms with Crippen molar-refractivity contribution in [1.29, 1.82) is 0 Å². The van der Waals surface area contributed by atoms with Crippen molar-refractivity contribution in [2.45, 2.75) is 77.9 Å². The summed E-state index contributed by atoms with van der Waals surface area (Å²) in [4.78, 5) is 40.6. The summed E-state index contributed by atoms with van der Waals surface area (Å²) in [5.74, 6) is 2.14. The van der Waals surface area contributed by atoms with E-state index in [0.717, 1.165) is 106 Å². The molecule has 0 spiro atoms. The SMILES string of the molecule is C.COc1ccc(OCCCCCCN2CC(C)N(c3ccncc3)C2=O)cc1.O=C1N(CCCCCCOc2ccc(C(F)(F)F)cc2)CCN1c1cccnc1. The zero-order valence-corrected chi connectivity index (χ0v) is 32.8. The smallest absolute Gasteiger partial charge is 0.416 e. The Morgan fingerprint density at radius 1 is 0.655 bits per heavy atom. The molecule has 4 amide bonds. The number of anilines is 2. The molecule has 0 bridgehead atoms. The van der Waals surface area contributed by atoms with Crippen LogP contribution in [0.2, 0.25) is 0 Å². The largest absolute Gasteiger partial charge is 0.497 e. The maximum absolute atomic E-state index is 12.7. The molecular formula is C44H57F3N6O5. The molecule has 6 rings (SSSR count). The fourth-order valence-electron chi connectivity index (χ4n) is 6.73. The van der Waals surface area contributed by atoms with E-state index in [4.69, 9.17) is 14.2 Å². The van der Waals surface area contributed by atoms with E-state index < -0.39 is 11.7 Å². The highest BCUT2D eigenvalue weighted by Gasteiger charge is 2.35. The van der Waals surface area contributed by atoms with Crippen LogP contribution < -0.4 is 24.0 Å². The number of rotatable bonds is 19. The lowest BCUT2D eigenvalue weighted by Crippen LogP contribution is -2.34. The number of aromatic nitrogens is 2. The van der Waals surface area contributed by atoms with Crippen LogP contribution in [0.1, 0.15) is 71.3 Å². The quantitative estimate of drug-likeness (QED) is 0.0870. The Morgan fingerprint density at radius 3 is 1.79 bits per heavy atom. The molecule has 2 aliphatic heterocycles. The van der Waals surface area contributed by atoms with Gasteiger partial charge in [-0.25, -0.2) is 9.59 Å². The van der Waals surface area contributed by atoms with Crippen molar-refractivity contribution in [3.63, 3.8) is 0 Å². The minimum absolute atomic E-state index is 0. The zero-order valence-electron chi connectivity index (χ0n) is 32.8. The third-order valence-electron chi connectivity index (χ3n) is 9.82. The molecule has 2 aromatic carbocycles. The van der Waals surface area contributed by atoms with Gasteiger partial charge < -0.3 is 24.0 Å². The number of hydrogen-bond donors (Lipinski definition) is 0. The molecule has 0 radical (unpaired) electrons. The standard InChI is InChI=1S/C22H29N3O3.C21H24F3N3O2.CH4/c1-18-17-24(22(26)25(18)19-11-13-23-14-12-19)15-5-3-4-6-16-28-21-9-7-20(27-2)8-10-21;22-21(23,24)17-7-9-19(10-8-17)29-15-4-2-1-3-12-26-13-14-27(20(26)28)18-6-5-11-25-16-18;/h7-14,18H,3-6,15-17H2,1-2H3;5-11,16H,1-4,12-15H2;1H4. The summed E-state index contributed by atoms with van der Waals surface area (Å²) >= 11 is 0. The lowest BCUT2D eigenvalue weighted by Gasteiger charge is -2.20. The van der Waals surface area contributed by atoms with E-state index in [1.807, 2.05) is 63.2 Å². The third-order valence-corrected chi connectivity index (χ3v) is 9.82. The monoisotopic (exact) mass is 806 g/mol. The second-order valence-electron chi connectivity index (χ2n) is 14.0. The second-order valence-corrected chi connectivity index (χ2v) is 14.0. The first-order valence-electron chi connectivity index (χ1n) is 19.7. The molecule has 58 heavy (non-hydrogen) atoms. The molecule has 1 unspecified atom stereocenters. The Balaban J connectivity index is 0.000000252. The van der Waals surface area contributed by atoms with Gasteiger partial charge in [0, 0.05) is 57.0 Å². The predicted molar refractivity (Wildman–Crippen MR) is 221 cm³/mol. The molecule has 1 atom stereocenters. The zero-order chi connectivity index (χ0) is 40.5. The molecule has 2 aromatic heterocycles. The molecular weight excluding hydrogens is 750 g/mol. The van der Waals surface area contributed by atoms with Crippen LogP contribution in [0, 0.1) is 0 Å². The van der Waals surface area contributed by atoms with Crippen molar-refractivity contribution in [1.82, 2.24) is 19.8 Å². The van der Waals surface area contributed by atoms with E-state index >= 15 is 0 Å². The Hall–Kier alpha value is -5.53. The predicted octanol–water partition coefficient (Wildman–Crippen LogP) is 9.98. The molecule has 4 aromatic rings. The molecule has 11 nitrogen and oxygen atoms in total. The fourth-order valence-corrected chi connectivity index (χ4v) is 6.73. The van der Waals surface area contributed by atoms with E-state index in [1.165, 1.54) is 12.1 Å². The molecule has 0 N–H and O–H groups in total. The number of unbranched alkanes of at least 4 members (excludes halogenated alkanes) is 6. The molecule has 2 saturated heterocycles. The minimum Gasteiger partial charge on any atom is -0.497 e. The molecule has 2 fully saturated rings. The van der Waals surface area contributed by atoms with Crippen molar-refractivity contribution in [2.24, 2.45) is 0 Å². The molecule has 0 aliphatic carbocycles. The van der Waals surface area contributed by atoms with Gasteiger partial charge in [-0.15, -0.1) is 0 Å². The lowest BCUT2D eigenvalue weighted by atomic mass is 10.2. The lowest BCUT2D eigenvalue weighted by molar-refractivity contribution is -0.137. The number of nitrogens with zero attached hydrogens (tertiary/aromatic N) is 6. The van der Waals surface area contributed by atoms with Crippen molar-refractivity contribution >= 4 is 23.4 Å². The highest BCUT2D eigenvalue weighted by atomic mass is 19.4. The van der Waals surface area contributed by atoms with Gasteiger partial charge in [0.1, 0.15) is 17.2 Å². The van der Waals surface area contributed by atoms with Gasteiger partial charge in [0.25, 0.3) is 0 Å². The van der Waals surface area contributed by atoms with Crippen molar-refractivity contribution in [2.75, 3.05) is 62.8 Å². The Bertz CT molecular complexity index is 1790. The topological polar surface area (TPSA) is 101 Å². The summed E-state index contributed by atoms with van der Waals surface area (Å²) in [6.45, 7) is 6.96. The van der Waals surface area contributed by atoms with Crippen LogP contribution in [0.4, 0.5) is 34.1 Å². The first-order valence-corrected chi connectivity index (χ1v) is 19.7. The number of amides is 4. The van der Waals surface area contributed by atoms with Gasteiger partial charge >= 0.3 is 18.2 Å². The van der Waals surface area contributed by atoms with Crippen molar-refractivity contribution in [3.8, 4) is 17.2 Å². The maximum Gasteiger partial charge on any atom is 0.416 e. The summed E-state index contributed by atoms with van der Waals surface area (Å²) in [5.41, 5.74) is 1.06. The van der Waals surface area contributed by atoms with Crippen LogP contribution in [0.5, 0.6) is 17.2 Å². The van der Waals surface area contributed by atoms with E-state index in [2.05, 4.69) is 16.9 Å². The Morgan fingerprint density at radius 2 is 1.22 bits per heavy atom. The van der Waals surface area contributed by atoms with Gasteiger partial charge in [-0.3, -0.25) is 19.8 Å². The van der Waals surface area contributed by atoms with Crippen molar-refractivity contribution < 1.29 is 37.0 Å². The van der Waals surface area contributed by atoms with Gasteiger partial charge in [-0.1, -0.05) is 33.1 Å². The molecule has 14 heteroatoms. The van der Waals surface area contributed by atoms with E-state index in [9.17, 15) is 22.8 Å². The number of carbonyl (C=O) groups is 2. The van der Waals surface area contributed by atoms with Crippen LogP contribution >= 0.6 is 0 Å². The van der Waals surface area contributed by atoms with E-state index in [0.29, 0.717) is 32.1 Å². The number of urea groups is 2. The summed E-state index contributed by atoms with van der Waals surface area (Å²) in [6.07, 6.45) is 10.4. The van der Waals surface area contributed by atoms with Crippen molar-refractivity contribution in [3.05, 3.63) is 103 Å². The van der Waals surface area contributed by atoms with E-state index in [1.54, 1.807) is 36.8 Å². The molecule has 0 saturated carbocycles. The number of carbonyl (C=O) groups excluding carboxylic acids is 2.